The van der Waals surface area contributed by atoms with E-state index < -0.39 is 11.9 Å². The van der Waals surface area contributed by atoms with Gasteiger partial charge in [0.25, 0.3) is 0 Å². The summed E-state index contributed by atoms with van der Waals surface area (Å²) in [5.41, 5.74) is 2.77. The second-order valence-electron chi connectivity index (χ2n) is 8.53. The average molecular weight is 446 g/mol. The molecule has 9 heteroatoms. The minimum absolute atomic E-state index is 0.120. The van der Waals surface area contributed by atoms with Gasteiger partial charge < -0.3 is 10.4 Å². The second kappa shape index (κ2) is 7.84. The highest BCUT2D eigenvalue weighted by molar-refractivity contribution is 6.03. The zero-order valence-corrected chi connectivity index (χ0v) is 18.4. The Balaban J connectivity index is 1.55. The largest absolute Gasteiger partial charge is 0.465 e. The lowest BCUT2D eigenvalue weighted by Crippen LogP contribution is -2.11. The molecule has 0 spiro atoms. The van der Waals surface area contributed by atoms with Crippen LogP contribution in [0.3, 0.4) is 0 Å². The highest BCUT2D eigenvalue weighted by atomic mass is 19.1. The van der Waals surface area contributed by atoms with Crippen LogP contribution in [0.4, 0.5) is 20.7 Å². The minimum atomic E-state index is -1.34. The summed E-state index contributed by atoms with van der Waals surface area (Å²) in [5.74, 6) is 0.739. The van der Waals surface area contributed by atoms with Crippen LogP contribution in [-0.4, -0.2) is 37.0 Å². The number of halogens is 1. The summed E-state index contributed by atoms with van der Waals surface area (Å²) in [6, 6.07) is 5.53. The molecule has 33 heavy (non-hydrogen) atoms. The molecule has 5 rings (SSSR count). The Hall–Kier alpha value is -4.01. The van der Waals surface area contributed by atoms with Gasteiger partial charge in [-0.25, -0.2) is 14.2 Å². The SMILES string of the molecule is Cc1ccncc1-c1cc2cc(NC3C(C)C3c3cnn(C)c3)ncc2c(NC(=O)O)c1F. The molecule has 1 amide bonds. The van der Waals surface area contributed by atoms with E-state index in [1.54, 1.807) is 29.2 Å². The first-order valence-electron chi connectivity index (χ1n) is 10.6. The molecule has 4 aromatic rings. The van der Waals surface area contributed by atoms with Crippen molar-refractivity contribution in [3.05, 3.63) is 66.1 Å². The topological polar surface area (TPSA) is 105 Å². The predicted octanol–water partition coefficient (Wildman–Crippen LogP) is 4.78. The molecule has 1 aliphatic carbocycles. The Bertz CT molecular complexity index is 1380. The highest BCUT2D eigenvalue weighted by Crippen LogP contribution is 2.49. The minimum Gasteiger partial charge on any atom is -0.465 e. The van der Waals surface area contributed by atoms with Crippen molar-refractivity contribution in [1.29, 1.82) is 0 Å². The van der Waals surface area contributed by atoms with Crippen molar-refractivity contribution in [2.24, 2.45) is 13.0 Å². The first-order chi connectivity index (χ1) is 15.8. The molecule has 3 heterocycles. The van der Waals surface area contributed by atoms with Gasteiger partial charge in [0.15, 0.2) is 5.82 Å². The van der Waals surface area contributed by atoms with Gasteiger partial charge in [-0.3, -0.25) is 15.0 Å². The van der Waals surface area contributed by atoms with E-state index in [0.717, 1.165) is 5.56 Å². The van der Waals surface area contributed by atoms with E-state index in [4.69, 9.17) is 0 Å². The molecule has 1 saturated carbocycles. The number of carbonyl (C=O) groups is 1. The van der Waals surface area contributed by atoms with Gasteiger partial charge in [0.2, 0.25) is 0 Å². The number of aromatic nitrogens is 4. The van der Waals surface area contributed by atoms with Gasteiger partial charge in [0.1, 0.15) is 5.82 Å². The van der Waals surface area contributed by atoms with Gasteiger partial charge in [-0.05, 0) is 47.6 Å². The molecule has 1 aromatic carbocycles. The van der Waals surface area contributed by atoms with Crippen LogP contribution in [0.25, 0.3) is 21.9 Å². The van der Waals surface area contributed by atoms with E-state index >= 15 is 4.39 Å². The molecule has 3 unspecified atom stereocenters. The number of aryl methyl sites for hydroxylation is 2. The molecule has 0 bridgehead atoms. The third kappa shape index (κ3) is 3.75. The van der Waals surface area contributed by atoms with Crippen LogP contribution in [-0.2, 0) is 7.05 Å². The third-order valence-electron chi connectivity index (χ3n) is 6.33. The van der Waals surface area contributed by atoms with Crippen molar-refractivity contribution in [1.82, 2.24) is 19.7 Å². The van der Waals surface area contributed by atoms with Crippen molar-refractivity contribution < 1.29 is 14.3 Å². The fraction of sp³-hybridized carbons (Fsp3) is 0.250. The van der Waals surface area contributed by atoms with Crippen LogP contribution in [0.5, 0.6) is 0 Å². The van der Waals surface area contributed by atoms with Gasteiger partial charge in [-0.2, -0.15) is 5.10 Å². The predicted molar refractivity (Wildman–Crippen MR) is 124 cm³/mol. The summed E-state index contributed by atoms with van der Waals surface area (Å²) >= 11 is 0. The number of nitrogens with zero attached hydrogens (tertiary/aromatic N) is 4. The van der Waals surface area contributed by atoms with Crippen molar-refractivity contribution in [2.45, 2.75) is 25.8 Å². The zero-order valence-electron chi connectivity index (χ0n) is 18.4. The molecule has 8 nitrogen and oxygen atoms in total. The number of hydrogen-bond acceptors (Lipinski definition) is 5. The third-order valence-corrected chi connectivity index (χ3v) is 6.33. The van der Waals surface area contributed by atoms with Crippen LogP contribution >= 0.6 is 0 Å². The summed E-state index contributed by atoms with van der Waals surface area (Å²) in [4.78, 5) is 19.9. The summed E-state index contributed by atoms with van der Waals surface area (Å²) in [5, 5.41) is 20.3. The Kier molecular flexibility index (Phi) is 4.96. The fourth-order valence-electron chi connectivity index (χ4n) is 4.50. The maximum absolute atomic E-state index is 15.4. The standard InChI is InChI=1S/C24H23FN6O2/c1-12-4-5-26-9-17(12)16-6-14-7-19(27-10-18(14)23(21(16)25)30-24(32)33)29-22-13(2)20(22)15-8-28-31(3)11-15/h4-11,13,20,22,30H,1-3H3,(H,27,29)(H,32,33). The highest BCUT2D eigenvalue weighted by Gasteiger charge is 2.48. The van der Waals surface area contributed by atoms with Gasteiger partial charge in [0.05, 0.1) is 11.9 Å². The Morgan fingerprint density at radius 1 is 1.21 bits per heavy atom. The molecule has 3 N–H and O–H groups in total. The molecular weight excluding hydrogens is 423 g/mol. The average Bonchev–Trinajstić information content (AvgIpc) is 3.19. The van der Waals surface area contributed by atoms with Crippen LogP contribution in [0, 0.1) is 18.7 Å². The van der Waals surface area contributed by atoms with Crippen LogP contribution in [0.2, 0.25) is 0 Å². The Morgan fingerprint density at radius 2 is 2.03 bits per heavy atom. The molecule has 0 radical (unpaired) electrons. The number of carboxylic acid groups (broad SMARTS) is 1. The van der Waals surface area contributed by atoms with Gasteiger partial charge in [-0.1, -0.05) is 6.92 Å². The summed E-state index contributed by atoms with van der Waals surface area (Å²) < 4.78 is 17.2. The number of amides is 1. The molecule has 3 atom stereocenters. The smallest absolute Gasteiger partial charge is 0.409 e. The lowest BCUT2D eigenvalue weighted by Gasteiger charge is -2.15. The number of benzene rings is 1. The molecule has 168 valence electrons. The number of nitrogens with one attached hydrogen (secondary N) is 2. The number of rotatable bonds is 5. The number of hydrogen-bond donors (Lipinski definition) is 3. The molecule has 0 aliphatic heterocycles. The normalized spacial score (nSPS) is 19.5. The quantitative estimate of drug-likeness (QED) is 0.407. The van der Waals surface area contributed by atoms with Crippen molar-refractivity contribution in [2.75, 3.05) is 10.6 Å². The number of anilines is 2. The van der Waals surface area contributed by atoms with E-state index in [0.29, 0.717) is 34.0 Å². The first kappa shape index (κ1) is 20.9. The zero-order chi connectivity index (χ0) is 23.3. The lowest BCUT2D eigenvalue weighted by atomic mass is 9.98. The van der Waals surface area contributed by atoms with Crippen LogP contribution in [0.15, 0.2) is 49.2 Å². The molecule has 1 aliphatic rings. The lowest BCUT2D eigenvalue weighted by molar-refractivity contribution is 0.209. The maximum Gasteiger partial charge on any atom is 0.409 e. The summed E-state index contributed by atoms with van der Waals surface area (Å²) in [7, 11) is 1.90. The molecule has 3 aromatic heterocycles. The van der Waals surface area contributed by atoms with Crippen molar-refractivity contribution >= 4 is 28.4 Å². The molecule has 1 fully saturated rings. The van der Waals surface area contributed by atoms with E-state index in [1.165, 1.54) is 11.8 Å². The fourth-order valence-corrected chi connectivity index (χ4v) is 4.50. The second-order valence-corrected chi connectivity index (χ2v) is 8.53. The number of fused-ring (bicyclic) bond motifs is 1. The Morgan fingerprint density at radius 3 is 2.73 bits per heavy atom. The first-order valence-corrected chi connectivity index (χ1v) is 10.6. The van der Waals surface area contributed by atoms with Gasteiger partial charge >= 0.3 is 6.09 Å². The summed E-state index contributed by atoms with van der Waals surface area (Å²) in [6.45, 7) is 4.03. The van der Waals surface area contributed by atoms with Crippen LogP contribution in [0.1, 0.15) is 24.0 Å². The molecular formula is C24H23FN6O2. The number of pyridine rings is 2. The van der Waals surface area contributed by atoms with Crippen molar-refractivity contribution in [3.63, 3.8) is 0 Å². The van der Waals surface area contributed by atoms with Gasteiger partial charge in [0, 0.05) is 60.3 Å². The van der Waals surface area contributed by atoms with E-state index in [-0.39, 0.29) is 17.3 Å². The monoisotopic (exact) mass is 446 g/mol. The van der Waals surface area contributed by atoms with Crippen LogP contribution < -0.4 is 10.6 Å². The maximum atomic E-state index is 15.4. The Labute approximate surface area is 189 Å². The van der Waals surface area contributed by atoms with E-state index in [2.05, 4.69) is 32.6 Å². The summed E-state index contributed by atoms with van der Waals surface area (Å²) in [6.07, 6.45) is 7.27. The van der Waals surface area contributed by atoms with E-state index in [9.17, 15) is 9.90 Å². The van der Waals surface area contributed by atoms with Gasteiger partial charge in [-0.15, -0.1) is 0 Å². The van der Waals surface area contributed by atoms with Crippen molar-refractivity contribution in [3.8, 4) is 11.1 Å². The van der Waals surface area contributed by atoms with E-state index in [1.807, 2.05) is 32.4 Å². The molecule has 0 saturated heterocycles.